The van der Waals surface area contributed by atoms with Crippen molar-refractivity contribution < 1.29 is 9.59 Å². The Morgan fingerprint density at radius 2 is 2.08 bits per heavy atom. The summed E-state index contributed by atoms with van der Waals surface area (Å²) in [4.78, 5) is 25.2. The number of fused-ring (bicyclic) bond motifs is 3. The molecule has 3 fully saturated rings. The SMILES string of the molecule is O=C1NC2C(C(=O)Nc3ccccc3Cl)NNN2C2CCC(Cl)CC12. The zero-order valence-corrected chi connectivity index (χ0v) is 14.8. The molecule has 1 saturated carbocycles. The Hall–Kier alpha value is -1.38. The Labute approximate surface area is 155 Å². The first-order valence-corrected chi connectivity index (χ1v) is 9.15. The molecule has 7 nitrogen and oxygen atoms in total. The van der Waals surface area contributed by atoms with Crippen LogP contribution in [0.5, 0.6) is 0 Å². The minimum atomic E-state index is -0.630. The molecule has 1 aliphatic carbocycles. The van der Waals surface area contributed by atoms with Crippen molar-refractivity contribution in [3.05, 3.63) is 29.3 Å². The highest BCUT2D eigenvalue weighted by Crippen LogP contribution is 2.35. The number of rotatable bonds is 2. The molecule has 2 amide bonds. The Morgan fingerprint density at radius 3 is 2.88 bits per heavy atom. The van der Waals surface area contributed by atoms with E-state index in [0.29, 0.717) is 17.1 Å². The maximum atomic E-state index is 12.7. The molecule has 5 atom stereocenters. The topological polar surface area (TPSA) is 85.5 Å². The minimum Gasteiger partial charge on any atom is -0.337 e. The fourth-order valence-electron chi connectivity index (χ4n) is 3.85. The zero-order valence-electron chi connectivity index (χ0n) is 13.3. The molecule has 134 valence electrons. The number of nitrogens with zero attached hydrogens (tertiary/aromatic N) is 1. The van der Waals surface area contributed by atoms with Gasteiger partial charge in [-0.15, -0.1) is 11.6 Å². The van der Waals surface area contributed by atoms with E-state index in [1.807, 2.05) is 5.01 Å². The van der Waals surface area contributed by atoms with E-state index in [2.05, 4.69) is 21.6 Å². The van der Waals surface area contributed by atoms with Crippen LogP contribution in [0, 0.1) is 5.92 Å². The van der Waals surface area contributed by atoms with Crippen molar-refractivity contribution in [1.82, 2.24) is 21.3 Å². The van der Waals surface area contributed by atoms with Gasteiger partial charge in [-0.25, -0.2) is 10.4 Å². The monoisotopic (exact) mass is 383 g/mol. The molecule has 1 aromatic carbocycles. The number of anilines is 1. The van der Waals surface area contributed by atoms with Gasteiger partial charge >= 0.3 is 0 Å². The van der Waals surface area contributed by atoms with Gasteiger partial charge in [0.1, 0.15) is 12.2 Å². The lowest BCUT2D eigenvalue weighted by atomic mass is 9.81. The molecule has 1 aromatic rings. The van der Waals surface area contributed by atoms with Crippen molar-refractivity contribution in [2.45, 2.75) is 42.9 Å². The van der Waals surface area contributed by atoms with Gasteiger partial charge in [-0.05, 0) is 31.4 Å². The van der Waals surface area contributed by atoms with Crippen molar-refractivity contribution in [2.24, 2.45) is 5.92 Å². The number of hydrazine groups is 2. The molecule has 0 aromatic heterocycles. The quantitative estimate of drug-likeness (QED) is 0.576. The van der Waals surface area contributed by atoms with Crippen LogP contribution in [0.2, 0.25) is 5.02 Å². The van der Waals surface area contributed by atoms with Crippen LogP contribution in [0.15, 0.2) is 24.3 Å². The zero-order chi connectivity index (χ0) is 17.6. The van der Waals surface area contributed by atoms with Gasteiger partial charge in [0.25, 0.3) is 0 Å². The molecule has 4 N–H and O–H groups in total. The second-order valence-corrected chi connectivity index (χ2v) is 7.67. The van der Waals surface area contributed by atoms with Crippen molar-refractivity contribution in [2.75, 3.05) is 5.32 Å². The van der Waals surface area contributed by atoms with Crippen LogP contribution < -0.4 is 21.6 Å². The number of carbonyl (C=O) groups is 2. The van der Waals surface area contributed by atoms with E-state index in [-0.39, 0.29) is 29.2 Å². The summed E-state index contributed by atoms with van der Waals surface area (Å²) < 4.78 is 0. The van der Waals surface area contributed by atoms with E-state index < -0.39 is 12.2 Å². The van der Waals surface area contributed by atoms with Gasteiger partial charge < -0.3 is 10.6 Å². The Bertz CT molecular complexity index is 703. The molecular formula is C16H19Cl2N5O2. The van der Waals surface area contributed by atoms with Gasteiger partial charge in [-0.3, -0.25) is 9.59 Å². The summed E-state index contributed by atoms with van der Waals surface area (Å²) in [5.41, 5.74) is 6.57. The number of nitrogens with one attached hydrogen (secondary N) is 4. The highest BCUT2D eigenvalue weighted by molar-refractivity contribution is 6.33. The molecule has 2 saturated heterocycles. The summed E-state index contributed by atoms with van der Waals surface area (Å²) in [6, 6.07) is 6.43. The summed E-state index contributed by atoms with van der Waals surface area (Å²) in [5, 5.41) is 8.17. The molecule has 0 spiro atoms. The van der Waals surface area contributed by atoms with Crippen molar-refractivity contribution in [3.63, 3.8) is 0 Å². The van der Waals surface area contributed by atoms with Gasteiger partial charge in [0, 0.05) is 11.4 Å². The molecule has 2 aliphatic heterocycles. The minimum absolute atomic E-state index is 0.0263. The van der Waals surface area contributed by atoms with Crippen LogP contribution in [0.25, 0.3) is 0 Å². The molecular weight excluding hydrogens is 365 g/mol. The Morgan fingerprint density at radius 1 is 1.28 bits per heavy atom. The molecule has 4 rings (SSSR count). The maximum Gasteiger partial charge on any atom is 0.246 e. The van der Waals surface area contributed by atoms with Gasteiger partial charge in [0.05, 0.1) is 16.6 Å². The standard InChI is InChI=1S/C16H19Cl2N5O2/c17-8-5-6-12-9(7-8)15(24)20-14-13(21-22-23(12)14)16(25)19-11-4-2-1-3-10(11)18/h1-4,8-9,12-14,21-22H,5-7H2,(H,19,25)(H,20,24). The normalized spacial score (nSPS) is 34.8. The van der Waals surface area contributed by atoms with Crippen LogP contribution in [0.3, 0.4) is 0 Å². The van der Waals surface area contributed by atoms with E-state index >= 15 is 0 Å². The number of amides is 2. The van der Waals surface area contributed by atoms with Gasteiger partial charge in [-0.2, -0.15) is 5.53 Å². The third-order valence-corrected chi connectivity index (χ3v) is 5.84. The van der Waals surface area contributed by atoms with Gasteiger partial charge in [0.2, 0.25) is 11.8 Å². The summed E-state index contributed by atoms with van der Waals surface area (Å²) in [5.74, 6) is -0.470. The number of carbonyl (C=O) groups excluding carboxylic acids is 2. The summed E-state index contributed by atoms with van der Waals surface area (Å²) in [7, 11) is 0. The summed E-state index contributed by atoms with van der Waals surface area (Å²) >= 11 is 12.3. The molecule has 25 heavy (non-hydrogen) atoms. The van der Waals surface area contributed by atoms with E-state index in [1.165, 1.54) is 0 Å². The number of alkyl halides is 1. The highest BCUT2D eigenvalue weighted by atomic mass is 35.5. The molecule has 0 radical (unpaired) electrons. The number of para-hydroxylation sites is 1. The third-order valence-electron chi connectivity index (χ3n) is 5.11. The second kappa shape index (κ2) is 6.74. The van der Waals surface area contributed by atoms with E-state index in [0.717, 1.165) is 12.8 Å². The van der Waals surface area contributed by atoms with Crippen molar-refractivity contribution in [3.8, 4) is 0 Å². The summed E-state index contributed by atoms with van der Waals surface area (Å²) in [6.07, 6.45) is 1.87. The maximum absolute atomic E-state index is 12.7. The van der Waals surface area contributed by atoms with Crippen molar-refractivity contribution >= 4 is 40.7 Å². The predicted octanol–water partition coefficient (Wildman–Crippen LogP) is 1.20. The van der Waals surface area contributed by atoms with Gasteiger partial charge in [-0.1, -0.05) is 23.7 Å². The average Bonchev–Trinajstić information content (AvgIpc) is 3.01. The first-order chi connectivity index (χ1) is 12.0. The molecule has 9 heteroatoms. The van der Waals surface area contributed by atoms with Crippen LogP contribution in [-0.4, -0.2) is 40.4 Å². The predicted molar refractivity (Wildman–Crippen MR) is 94.7 cm³/mol. The average molecular weight is 384 g/mol. The van der Waals surface area contributed by atoms with E-state index in [4.69, 9.17) is 23.2 Å². The van der Waals surface area contributed by atoms with Crippen LogP contribution in [-0.2, 0) is 9.59 Å². The Balaban J connectivity index is 1.50. The number of benzene rings is 1. The number of halogens is 2. The molecule has 3 aliphatic rings. The van der Waals surface area contributed by atoms with Crippen molar-refractivity contribution in [1.29, 1.82) is 0 Å². The lowest BCUT2D eigenvalue weighted by Gasteiger charge is -2.45. The molecule has 2 heterocycles. The fraction of sp³-hybridized carbons (Fsp3) is 0.500. The first kappa shape index (κ1) is 17.1. The van der Waals surface area contributed by atoms with E-state index in [1.54, 1.807) is 24.3 Å². The van der Waals surface area contributed by atoms with Crippen LogP contribution in [0.1, 0.15) is 19.3 Å². The largest absolute Gasteiger partial charge is 0.337 e. The van der Waals surface area contributed by atoms with Gasteiger partial charge in [0.15, 0.2) is 0 Å². The summed E-state index contributed by atoms with van der Waals surface area (Å²) in [6.45, 7) is 0. The second-order valence-electron chi connectivity index (χ2n) is 6.65. The number of hydrogen-bond donors (Lipinski definition) is 4. The molecule has 5 unspecified atom stereocenters. The Kier molecular flexibility index (Phi) is 4.59. The van der Waals surface area contributed by atoms with Crippen LogP contribution in [0.4, 0.5) is 5.69 Å². The fourth-order valence-corrected chi connectivity index (χ4v) is 4.35. The van der Waals surface area contributed by atoms with E-state index in [9.17, 15) is 9.59 Å². The number of hydrogen-bond acceptors (Lipinski definition) is 5. The highest BCUT2D eigenvalue weighted by Gasteiger charge is 2.51. The smallest absolute Gasteiger partial charge is 0.246 e. The molecule has 0 bridgehead atoms. The lowest BCUT2D eigenvalue weighted by Crippen LogP contribution is -2.67. The third kappa shape index (κ3) is 3.11. The van der Waals surface area contributed by atoms with Crippen LogP contribution >= 0.6 is 23.2 Å². The lowest BCUT2D eigenvalue weighted by molar-refractivity contribution is -0.139. The first-order valence-electron chi connectivity index (χ1n) is 8.34.